The van der Waals surface area contributed by atoms with Crippen molar-refractivity contribution in [2.24, 2.45) is 16.6 Å². The van der Waals surface area contributed by atoms with Gasteiger partial charge in [-0.2, -0.15) is 0 Å². The summed E-state index contributed by atoms with van der Waals surface area (Å²) in [5.74, 6) is 0.899. The van der Waals surface area contributed by atoms with Crippen LogP contribution >= 0.6 is 0 Å². The summed E-state index contributed by atoms with van der Waals surface area (Å²) in [5.41, 5.74) is 6.59. The van der Waals surface area contributed by atoms with E-state index in [9.17, 15) is 13.2 Å². The van der Waals surface area contributed by atoms with Crippen LogP contribution in [0.5, 0.6) is 5.75 Å². The SMILES string of the molecule is CC1CCCN(CCCCNC(N)=NCc2ccc(OC(F)(F)F)cc2)C1. The smallest absolute Gasteiger partial charge is 0.406 e. The van der Waals surface area contributed by atoms with Gasteiger partial charge < -0.3 is 20.7 Å². The van der Waals surface area contributed by atoms with Crippen LogP contribution in [0.15, 0.2) is 29.3 Å². The van der Waals surface area contributed by atoms with Gasteiger partial charge >= 0.3 is 6.36 Å². The van der Waals surface area contributed by atoms with Crippen molar-refractivity contribution in [3.63, 3.8) is 0 Å². The van der Waals surface area contributed by atoms with Gasteiger partial charge in [0.2, 0.25) is 0 Å². The molecule has 8 heteroatoms. The second-order valence-electron chi connectivity index (χ2n) is 7.08. The number of rotatable bonds is 8. The Morgan fingerprint density at radius 1 is 1.30 bits per heavy atom. The summed E-state index contributed by atoms with van der Waals surface area (Å²) in [6.07, 6.45) is 0.0873. The zero-order valence-electron chi connectivity index (χ0n) is 15.8. The van der Waals surface area contributed by atoms with Crippen LogP contribution in [0.4, 0.5) is 13.2 Å². The van der Waals surface area contributed by atoms with E-state index in [1.165, 1.54) is 50.2 Å². The van der Waals surface area contributed by atoms with Gasteiger partial charge in [0.05, 0.1) is 6.54 Å². The van der Waals surface area contributed by atoms with E-state index >= 15 is 0 Å². The molecule has 1 heterocycles. The van der Waals surface area contributed by atoms with Crippen molar-refractivity contribution < 1.29 is 17.9 Å². The highest BCUT2D eigenvalue weighted by atomic mass is 19.4. The monoisotopic (exact) mass is 386 g/mol. The molecule has 1 aromatic rings. The number of benzene rings is 1. The molecule has 1 aliphatic rings. The zero-order chi connectivity index (χ0) is 19.7. The number of hydrogen-bond acceptors (Lipinski definition) is 3. The van der Waals surface area contributed by atoms with Gasteiger partial charge in [-0.3, -0.25) is 0 Å². The minimum atomic E-state index is -4.68. The van der Waals surface area contributed by atoms with Crippen molar-refractivity contribution in [2.75, 3.05) is 26.2 Å². The van der Waals surface area contributed by atoms with E-state index in [0.717, 1.165) is 37.4 Å². The summed E-state index contributed by atoms with van der Waals surface area (Å²) in [7, 11) is 0. The summed E-state index contributed by atoms with van der Waals surface area (Å²) >= 11 is 0. The number of alkyl halides is 3. The van der Waals surface area contributed by atoms with E-state index in [4.69, 9.17) is 5.73 Å². The molecule has 1 unspecified atom stereocenters. The maximum atomic E-state index is 12.1. The predicted molar refractivity (Wildman–Crippen MR) is 101 cm³/mol. The Balaban J connectivity index is 1.61. The Hall–Kier alpha value is -1.96. The molecule has 5 nitrogen and oxygen atoms in total. The maximum Gasteiger partial charge on any atom is 0.573 e. The number of unbranched alkanes of at least 4 members (excludes halogenated alkanes) is 1. The van der Waals surface area contributed by atoms with Gasteiger partial charge in [0.25, 0.3) is 0 Å². The fourth-order valence-corrected chi connectivity index (χ4v) is 3.20. The number of guanidine groups is 1. The summed E-state index contributed by atoms with van der Waals surface area (Å²) < 4.78 is 40.2. The highest BCUT2D eigenvalue weighted by Gasteiger charge is 2.30. The summed E-state index contributed by atoms with van der Waals surface area (Å²) in [4.78, 5) is 6.73. The maximum absolute atomic E-state index is 12.1. The molecular formula is C19H29F3N4O. The standard InChI is InChI=1S/C19H29F3N4O/c1-15-5-4-12-26(14-15)11-3-2-10-24-18(23)25-13-16-6-8-17(9-7-16)27-19(20,21)22/h6-9,15H,2-5,10-14H2,1H3,(H3,23,24,25). The highest BCUT2D eigenvalue weighted by Crippen LogP contribution is 2.22. The molecule has 0 radical (unpaired) electrons. The number of hydrogen-bond donors (Lipinski definition) is 2. The van der Waals surface area contributed by atoms with Crippen LogP contribution in [0, 0.1) is 5.92 Å². The molecule has 1 atom stereocenters. The first-order valence-electron chi connectivity index (χ1n) is 9.42. The normalized spacial score (nSPS) is 19.1. The highest BCUT2D eigenvalue weighted by molar-refractivity contribution is 5.77. The Bertz CT molecular complexity index is 590. The van der Waals surface area contributed by atoms with Crippen molar-refractivity contribution in [1.82, 2.24) is 10.2 Å². The molecule has 1 aliphatic heterocycles. The summed E-state index contributed by atoms with van der Waals surface area (Å²) in [6, 6.07) is 5.61. The molecule has 27 heavy (non-hydrogen) atoms. The summed E-state index contributed by atoms with van der Waals surface area (Å²) in [6.45, 7) is 6.89. The quantitative estimate of drug-likeness (QED) is 0.408. The van der Waals surface area contributed by atoms with Gasteiger partial charge in [0.1, 0.15) is 5.75 Å². The number of ether oxygens (including phenoxy) is 1. The third-order valence-electron chi connectivity index (χ3n) is 4.54. The third-order valence-corrected chi connectivity index (χ3v) is 4.54. The second-order valence-corrected chi connectivity index (χ2v) is 7.08. The van der Waals surface area contributed by atoms with Gasteiger partial charge in [-0.25, -0.2) is 4.99 Å². The molecule has 0 amide bonds. The average Bonchev–Trinajstić information content (AvgIpc) is 2.59. The van der Waals surface area contributed by atoms with Gasteiger partial charge in [-0.05, 0) is 62.4 Å². The molecule has 3 N–H and O–H groups in total. The van der Waals surface area contributed by atoms with E-state index in [-0.39, 0.29) is 5.75 Å². The van der Waals surface area contributed by atoms with E-state index < -0.39 is 6.36 Å². The van der Waals surface area contributed by atoms with Crippen LogP contribution in [0.1, 0.15) is 38.2 Å². The topological polar surface area (TPSA) is 62.9 Å². The first-order valence-corrected chi connectivity index (χ1v) is 9.42. The van der Waals surface area contributed by atoms with Crippen molar-refractivity contribution >= 4 is 5.96 Å². The molecule has 0 spiro atoms. The largest absolute Gasteiger partial charge is 0.573 e. The Morgan fingerprint density at radius 3 is 2.70 bits per heavy atom. The van der Waals surface area contributed by atoms with Gasteiger partial charge in [0, 0.05) is 13.1 Å². The first kappa shape index (κ1) is 21.3. The lowest BCUT2D eigenvalue weighted by Crippen LogP contribution is -2.36. The summed E-state index contributed by atoms with van der Waals surface area (Å²) in [5, 5.41) is 3.08. The molecule has 0 aromatic heterocycles. The molecule has 1 saturated heterocycles. The minimum absolute atomic E-state index is 0.246. The van der Waals surface area contributed by atoms with Crippen LogP contribution < -0.4 is 15.8 Å². The third kappa shape index (κ3) is 8.99. The van der Waals surface area contributed by atoms with Crippen molar-refractivity contribution in [3.05, 3.63) is 29.8 Å². The van der Waals surface area contributed by atoms with Gasteiger partial charge in [0.15, 0.2) is 5.96 Å². The fourth-order valence-electron chi connectivity index (χ4n) is 3.20. The van der Waals surface area contributed by atoms with E-state index in [1.54, 1.807) is 0 Å². The average molecular weight is 386 g/mol. The Morgan fingerprint density at radius 2 is 2.04 bits per heavy atom. The Kier molecular flexibility index (Phi) is 8.22. The molecule has 0 saturated carbocycles. The first-order chi connectivity index (χ1) is 12.8. The number of piperidine rings is 1. The van der Waals surface area contributed by atoms with Crippen molar-refractivity contribution in [1.29, 1.82) is 0 Å². The van der Waals surface area contributed by atoms with Crippen LogP contribution in [-0.2, 0) is 6.54 Å². The number of aliphatic imine (C=N–C) groups is 1. The zero-order valence-corrected chi connectivity index (χ0v) is 15.8. The molecule has 1 aromatic carbocycles. The van der Waals surface area contributed by atoms with Gasteiger partial charge in [-0.15, -0.1) is 13.2 Å². The molecule has 2 rings (SSSR count). The number of likely N-dealkylation sites (tertiary alicyclic amines) is 1. The lowest BCUT2D eigenvalue weighted by molar-refractivity contribution is -0.274. The molecule has 0 aliphatic carbocycles. The number of nitrogens with two attached hydrogens (primary N) is 1. The predicted octanol–water partition coefficient (Wildman–Crippen LogP) is 3.50. The minimum Gasteiger partial charge on any atom is -0.406 e. The lowest BCUT2D eigenvalue weighted by atomic mass is 10.0. The number of halogens is 3. The van der Waals surface area contributed by atoms with Crippen molar-refractivity contribution in [2.45, 2.75) is 45.5 Å². The number of nitrogens with zero attached hydrogens (tertiary/aromatic N) is 2. The lowest BCUT2D eigenvalue weighted by Gasteiger charge is -2.30. The van der Waals surface area contributed by atoms with E-state index in [1.807, 2.05) is 0 Å². The molecular weight excluding hydrogens is 357 g/mol. The van der Waals surface area contributed by atoms with Gasteiger partial charge in [-0.1, -0.05) is 19.1 Å². The number of nitrogens with one attached hydrogen (secondary N) is 1. The molecule has 0 bridgehead atoms. The van der Waals surface area contributed by atoms with Crippen LogP contribution in [0.3, 0.4) is 0 Å². The van der Waals surface area contributed by atoms with Crippen LogP contribution in [0.2, 0.25) is 0 Å². The van der Waals surface area contributed by atoms with Crippen molar-refractivity contribution in [3.8, 4) is 5.75 Å². The fraction of sp³-hybridized carbons (Fsp3) is 0.632. The van der Waals surface area contributed by atoms with Crippen LogP contribution in [0.25, 0.3) is 0 Å². The van der Waals surface area contributed by atoms with E-state index in [0.29, 0.717) is 12.5 Å². The molecule has 152 valence electrons. The second kappa shape index (κ2) is 10.4. The van der Waals surface area contributed by atoms with Crippen LogP contribution in [-0.4, -0.2) is 43.4 Å². The Labute approximate surface area is 158 Å². The van der Waals surface area contributed by atoms with E-state index in [2.05, 4.69) is 26.9 Å². The molecule has 1 fully saturated rings.